The van der Waals surface area contributed by atoms with E-state index in [1.54, 1.807) is 6.20 Å². The Hall–Kier alpha value is -1.27. The normalized spacial score (nSPS) is 32.0. The summed E-state index contributed by atoms with van der Waals surface area (Å²) in [6.45, 7) is 2.21. The number of rotatable bonds is 8. The van der Waals surface area contributed by atoms with Gasteiger partial charge in [0.25, 0.3) is 5.91 Å². The molecule has 7 heteroatoms. The highest BCUT2D eigenvalue weighted by Crippen LogP contribution is 2.53. The van der Waals surface area contributed by atoms with Crippen LogP contribution >= 0.6 is 12.4 Å². The van der Waals surface area contributed by atoms with Crippen molar-refractivity contribution in [1.29, 1.82) is 0 Å². The predicted octanol–water partition coefficient (Wildman–Crippen LogP) is 4.04. The van der Waals surface area contributed by atoms with Gasteiger partial charge in [-0.2, -0.15) is 5.10 Å². The maximum absolute atomic E-state index is 13.3. The first-order valence-corrected chi connectivity index (χ1v) is 12.3. The lowest BCUT2D eigenvalue weighted by Crippen LogP contribution is -2.55. The average Bonchev–Trinajstić information content (AvgIpc) is 3.16. The molecular weight excluding hydrogens is 412 g/mol. The number of likely N-dealkylation sites (N-methyl/N-ethyl adjacent to an activating group) is 1. The Kier molecular flexibility index (Phi) is 7.48. The Bertz CT molecular complexity index is 718. The van der Waals surface area contributed by atoms with E-state index in [0.29, 0.717) is 48.4 Å². The van der Waals surface area contributed by atoms with Crippen LogP contribution in [0.25, 0.3) is 0 Å². The number of carbonyl (C=O) groups excluding carboxylic acids is 1. The molecule has 4 bridgehead atoms. The van der Waals surface area contributed by atoms with E-state index in [1.165, 1.54) is 64.2 Å². The zero-order valence-corrected chi connectivity index (χ0v) is 19.7. The molecule has 1 amide bonds. The van der Waals surface area contributed by atoms with E-state index in [0.717, 1.165) is 18.4 Å². The molecule has 0 saturated heterocycles. The van der Waals surface area contributed by atoms with Crippen molar-refractivity contribution in [3.05, 3.63) is 11.8 Å². The molecule has 0 unspecified atom stereocenters. The van der Waals surface area contributed by atoms with Crippen LogP contribution in [-0.4, -0.2) is 41.9 Å². The van der Waals surface area contributed by atoms with Gasteiger partial charge in [0, 0.05) is 12.6 Å². The van der Waals surface area contributed by atoms with E-state index < -0.39 is 0 Å². The predicted molar refractivity (Wildman–Crippen MR) is 124 cm³/mol. The summed E-state index contributed by atoms with van der Waals surface area (Å²) in [5.74, 6) is 4.47. The molecule has 6 rings (SSSR count). The van der Waals surface area contributed by atoms with Gasteiger partial charge in [-0.1, -0.05) is 19.3 Å². The average molecular weight is 451 g/mol. The highest BCUT2D eigenvalue weighted by atomic mass is 35.5. The van der Waals surface area contributed by atoms with Crippen molar-refractivity contribution in [3.8, 4) is 5.88 Å². The first-order valence-electron chi connectivity index (χ1n) is 12.3. The molecular formula is C24H39ClN4O2. The van der Waals surface area contributed by atoms with Crippen LogP contribution in [0, 0.1) is 29.6 Å². The molecule has 31 heavy (non-hydrogen) atoms. The van der Waals surface area contributed by atoms with E-state index in [4.69, 9.17) is 4.74 Å². The molecule has 0 aliphatic heterocycles. The van der Waals surface area contributed by atoms with Crippen LogP contribution in [0.15, 0.2) is 6.20 Å². The Morgan fingerprint density at radius 2 is 1.77 bits per heavy atom. The third-order valence-electron chi connectivity index (χ3n) is 8.31. The molecule has 174 valence electrons. The summed E-state index contributed by atoms with van der Waals surface area (Å²) in [6, 6.07) is 0.345. The maximum atomic E-state index is 13.3. The second-order valence-electron chi connectivity index (χ2n) is 10.4. The lowest BCUT2D eigenvalue weighted by molar-refractivity contribution is -0.0120. The van der Waals surface area contributed by atoms with E-state index >= 15 is 0 Å². The molecule has 5 fully saturated rings. The molecule has 1 aromatic rings. The maximum Gasteiger partial charge on any atom is 0.258 e. The fourth-order valence-electron chi connectivity index (χ4n) is 7.00. The van der Waals surface area contributed by atoms with Crippen molar-refractivity contribution < 1.29 is 9.53 Å². The monoisotopic (exact) mass is 450 g/mol. The summed E-state index contributed by atoms with van der Waals surface area (Å²) < 4.78 is 8.15. The van der Waals surface area contributed by atoms with Crippen molar-refractivity contribution in [3.63, 3.8) is 0 Å². The Balaban J connectivity index is 0.00000231. The minimum Gasteiger partial charge on any atom is -0.477 e. The van der Waals surface area contributed by atoms with Gasteiger partial charge >= 0.3 is 0 Å². The Morgan fingerprint density at radius 1 is 1.10 bits per heavy atom. The first kappa shape index (κ1) is 22.9. The van der Waals surface area contributed by atoms with Crippen molar-refractivity contribution >= 4 is 18.3 Å². The Labute approximate surface area is 192 Å². The van der Waals surface area contributed by atoms with Crippen LogP contribution in [0.3, 0.4) is 0 Å². The number of amides is 1. The van der Waals surface area contributed by atoms with Crippen molar-refractivity contribution in [2.24, 2.45) is 29.6 Å². The zero-order chi connectivity index (χ0) is 20.5. The number of nitrogens with one attached hydrogen (secondary N) is 2. The quantitative estimate of drug-likeness (QED) is 0.627. The highest BCUT2D eigenvalue weighted by Gasteiger charge is 2.48. The standard InChI is InChI=1S/C24H38N4O2.ClH/c1-25-7-8-28-24(30-15-16-5-3-2-4-6-16)21(14-26-28)23(29)27-22-19-10-17-9-18(12-19)13-20(22)11-17;/h14,16-20,22,25H,2-13,15H2,1H3,(H,27,29);1H. The fraction of sp³-hybridized carbons (Fsp3) is 0.833. The van der Waals surface area contributed by atoms with Crippen molar-refractivity contribution in [2.45, 2.75) is 76.8 Å². The van der Waals surface area contributed by atoms with Crippen LogP contribution in [0.4, 0.5) is 0 Å². The van der Waals surface area contributed by atoms with Gasteiger partial charge in [-0.15, -0.1) is 12.4 Å². The van der Waals surface area contributed by atoms with E-state index in [-0.39, 0.29) is 18.3 Å². The third kappa shape index (κ3) is 4.90. The number of hydrogen-bond donors (Lipinski definition) is 2. The summed E-state index contributed by atoms with van der Waals surface area (Å²) in [5, 5.41) is 11.1. The molecule has 6 nitrogen and oxygen atoms in total. The second-order valence-corrected chi connectivity index (χ2v) is 10.4. The third-order valence-corrected chi connectivity index (χ3v) is 8.31. The molecule has 5 aliphatic carbocycles. The molecule has 0 radical (unpaired) electrons. The van der Waals surface area contributed by atoms with Gasteiger partial charge in [0.05, 0.1) is 19.3 Å². The van der Waals surface area contributed by atoms with Gasteiger partial charge in [-0.3, -0.25) is 4.79 Å². The summed E-state index contributed by atoms with van der Waals surface area (Å²) in [6.07, 6.45) is 14.8. The highest BCUT2D eigenvalue weighted by molar-refractivity contribution is 5.96. The summed E-state index contributed by atoms with van der Waals surface area (Å²) in [7, 11) is 1.94. The number of hydrogen-bond acceptors (Lipinski definition) is 4. The summed E-state index contributed by atoms with van der Waals surface area (Å²) in [5.41, 5.74) is 0.621. The summed E-state index contributed by atoms with van der Waals surface area (Å²) >= 11 is 0. The second kappa shape index (κ2) is 10.1. The van der Waals surface area contributed by atoms with Gasteiger partial charge in [0.15, 0.2) is 0 Å². The largest absolute Gasteiger partial charge is 0.477 e. The van der Waals surface area contributed by atoms with Crippen LogP contribution in [0.1, 0.15) is 74.6 Å². The van der Waals surface area contributed by atoms with Gasteiger partial charge in [0.1, 0.15) is 5.56 Å². The minimum atomic E-state index is 0. The zero-order valence-electron chi connectivity index (χ0n) is 18.9. The van der Waals surface area contributed by atoms with Gasteiger partial charge < -0.3 is 15.4 Å². The molecule has 1 heterocycles. The van der Waals surface area contributed by atoms with Gasteiger partial charge in [-0.25, -0.2) is 4.68 Å². The minimum absolute atomic E-state index is 0. The van der Waals surface area contributed by atoms with Gasteiger partial charge in [-0.05, 0) is 81.6 Å². The van der Waals surface area contributed by atoms with Crippen molar-refractivity contribution in [1.82, 2.24) is 20.4 Å². The Morgan fingerprint density at radius 3 is 2.42 bits per heavy atom. The molecule has 5 saturated carbocycles. The van der Waals surface area contributed by atoms with Crippen LogP contribution in [0.2, 0.25) is 0 Å². The lowest BCUT2D eigenvalue weighted by atomic mass is 9.54. The lowest BCUT2D eigenvalue weighted by Gasteiger charge is -2.54. The summed E-state index contributed by atoms with van der Waals surface area (Å²) in [4.78, 5) is 13.3. The SMILES string of the molecule is CNCCn1ncc(C(=O)NC2C3CC4CC(C3)CC2C4)c1OCC1CCCCC1.Cl. The van der Waals surface area contributed by atoms with E-state index in [2.05, 4.69) is 15.7 Å². The number of carbonyl (C=O) groups is 1. The fourth-order valence-corrected chi connectivity index (χ4v) is 7.00. The molecule has 0 atom stereocenters. The smallest absolute Gasteiger partial charge is 0.258 e. The van der Waals surface area contributed by atoms with Crippen LogP contribution in [-0.2, 0) is 6.54 Å². The number of aromatic nitrogens is 2. The molecule has 1 aromatic heterocycles. The topological polar surface area (TPSA) is 68.2 Å². The van der Waals surface area contributed by atoms with Crippen LogP contribution in [0.5, 0.6) is 5.88 Å². The van der Waals surface area contributed by atoms with Crippen molar-refractivity contribution in [2.75, 3.05) is 20.2 Å². The van der Waals surface area contributed by atoms with Crippen LogP contribution < -0.4 is 15.4 Å². The molecule has 5 aliphatic rings. The van der Waals surface area contributed by atoms with E-state index in [1.807, 2.05) is 11.7 Å². The number of ether oxygens (including phenoxy) is 1. The first-order chi connectivity index (χ1) is 14.7. The number of halogens is 1. The molecule has 2 N–H and O–H groups in total. The molecule has 0 aromatic carbocycles. The van der Waals surface area contributed by atoms with Gasteiger partial charge in [0.2, 0.25) is 5.88 Å². The van der Waals surface area contributed by atoms with E-state index in [9.17, 15) is 4.79 Å². The molecule has 0 spiro atoms. The number of nitrogens with zero attached hydrogens (tertiary/aromatic N) is 2.